The number of carbonyl (C=O) groups excluding carboxylic acids is 1. The summed E-state index contributed by atoms with van der Waals surface area (Å²) in [6.45, 7) is 3.56. The topological polar surface area (TPSA) is 26.3 Å². The van der Waals surface area contributed by atoms with Crippen molar-refractivity contribution in [2.24, 2.45) is 0 Å². The average molecular weight is 269 g/mol. The van der Waals surface area contributed by atoms with Gasteiger partial charge in [0.05, 0.1) is 0 Å². The quantitative estimate of drug-likeness (QED) is 0.418. The molecule has 2 nitrogen and oxygen atoms in total. The zero-order valence-electron chi connectivity index (χ0n) is 6.69. The van der Waals surface area contributed by atoms with Crippen LogP contribution in [0.25, 0.3) is 0 Å². The Bertz CT molecular complexity index is 171. The number of ether oxygens (including phenoxy) is 1. The van der Waals surface area contributed by atoms with Gasteiger partial charge in [-0.3, -0.25) is 0 Å². The average Bonchev–Trinajstić information content (AvgIpc) is 2.10. The molecular formula is C7H10O2S2Se. The van der Waals surface area contributed by atoms with Crippen molar-refractivity contribution in [3.63, 3.8) is 0 Å². The molecule has 0 heterocycles. The fourth-order valence-corrected chi connectivity index (χ4v) is 3.80. The van der Waals surface area contributed by atoms with E-state index in [1.807, 2.05) is 10.4 Å². The molecule has 0 amide bonds. The minimum atomic E-state index is -0.161. The summed E-state index contributed by atoms with van der Waals surface area (Å²) in [5, 5.41) is 3.73. The van der Waals surface area contributed by atoms with Gasteiger partial charge in [0.15, 0.2) is 0 Å². The first-order valence-corrected chi connectivity index (χ1v) is 8.01. The third kappa shape index (κ3) is 8.27. The van der Waals surface area contributed by atoms with Crippen molar-refractivity contribution < 1.29 is 9.53 Å². The van der Waals surface area contributed by atoms with Gasteiger partial charge in [-0.05, 0) is 0 Å². The maximum absolute atomic E-state index is 10.6. The van der Waals surface area contributed by atoms with Crippen LogP contribution >= 0.6 is 21.9 Å². The van der Waals surface area contributed by atoms with Crippen LogP contribution in [0.5, 0.6) is 0 Å². The van der Waals surface area contributed by atoms with Gasteiger partial charge in [0, 0.05) is 0 Å². The Labute approximate surface area is 86.4 Å². The van der Waals surface area contributed by atoms with Crippen LogP contribution in [0.2, 0.25) is 0 Å². The molecular weight excluding hydrogens is 259 g/mol. The van der Waals surface area contributed by atoms with Crippen LogP contribution in [0.15, 0.2) is 22.4 Å². The normalized spacial score (nSPS) is 10.1. The van der Waals surface area contributed by atoms with Crippen molar-refractivity contribution in [2.45, 2.75) is 0 Å². The fraction of sp³-hybridized carbons (Fsp3) is 0.286. The van der Waals surface area contributed by atoms with Crippen molar-refractivity contribution in [3.8, 4) is 0 Å². The first-order valence-electron chi connectivity index (χ1n) is 3.07. The minimum absolute atomic E-state index is 0.161. The van der Waals surface area contributed by atoms with E-state index in [4.69, 9.17) is 0 Å². The zero-order chi connectivity index (χ0) is 9.23. The summed E-state index contributed by atoms with van der Waals surface area (Å²) in [7, 11) is 2.99. The molecule has 0 unspecified atom stereocenters. The van der Waals surface area contributed by atoms with E-state index in [0.29, 0.717) is 19.6 Å². The van der Waals surface area contributed by atoms with E-state index in [1.165, 1.54) is 7.11 Å². The van der Waals surface area contributed by atoms with E-state index in [2.05, 4.69) is 11.3 Å². The van der Waals surface area contributed by atoms with Gasteiger partial charge in [-0.1, -0.05) is 0 Å². The monoisotopic (exact) mass is 270 g/mol. The van der Waals surface area contributed by atoms with Crippen LogP contribution in [0, 0.1) is 0 Å². The number of thioether (sulfide) groups is 1. The van der Waals surface area contributed by atoms with Crippen molar-refractivity contribution in [3.05, 3.63) is 22.4 Å². The fourth-order valence-electron chi connectivity index (χ4n) is 0.291. The molecule has 0 saturated carbocycles. The third-order valence-corrected chi connectivity index (χ3v) is 4.82. The van der Waals surface area contributed by atoms with E-state index in [1.54, 1.807) is 27.3 Å². The third-order valence-electron chi connectivity index (χ3n) is 0.758. The molecule has 0 spiro atoms. The molecule has 0 radical (unpaired) electrons. The molecule has 0 saturated heterocycles. The predicted octanol–water partition coefficient (Wildman–Crippen LogP) is 1.86. The second-order valence-corrected chi connectivity index (χ2v) is 6.37. The number of hydrogen-bond acceptors (Lipinski definition) is 4. The van der Waals surface area contributed by atoms with E-state index in [0.717, 1.165) is 0 Å². The van der Waals surface area contributed by atoms with Gasteiger partial charge in [-0.2, -0.15) is 0 Å². The SMILES string of the molecule is C=CS/C=C\[Se]SCC(=O)OC. The summed E-state index contributed by atoms with van der Waals surface area (Å²) in [6, 6.07) is 0. The Kier molecular flexibility index (Phi) is 9.39. The molecule has 68 valence electrons. The Morgan fingerprint density at radius 1 is 1.75 bits per heavy atom. The van der Waals surface area contributed by atoms with Crippen LogP contribution in [0.1, 0.15) is 0 Å². The van der Waals surface area contributed by atoms with Crippen molar-refractivity contribution in [2.75, 3.05) is 12.9 Å². The molecule has 0 aliphatic rings. The second kappa shape index (κ2) is 9.26. The van der Waals surface area contributed by atoms with Gasteiger partial charge >= 0.3 is 86.5 Å². The summed E-state index contributed by atoms with van der Waals surface area (Å²) in [5.41, 5.74) is 0. The van der Waals surface area contributed by atoms with Crippen LogP contribution in [-0.2, 0) is 9.53 Å². The molecule has 0 rings (SSSR count). The van der Waals surface area contributed by atoms with Crippen molar-refractivity contribution >= 4 is 41.7 Å². The van der Waals surface area contributed by atoms with Gasteiger partial charge in [-0.15, -0.1) is 0 Å². The second-order valence-electron chi connectivity index (χ2n) is 1.51. The van der Waals surface area contributed by atoms with Crippen LogP contribution in [0.3, 0.4) is 0 Å². The molecule has 0 atom stereocenters. The predicted molar refractivity (Wildman–Crippen MR) is 57.2 cm³/mol. The zero-order valence-corrected chi connectivity index (χ0v) is 10.0. The molecule has 0 fully saturated rings. The molecule has 0 bridgehead atoms. The Morgan fingerprint density at radius 2 is 2.50 bits per heavy atom. The van der Waals surface area contributed by atoms with Gasteiger partial charge in [-0.25, -0.2) is 0 Å². The Morgan fingerprint density at radius 3 is 3.08 bits per heavy atom. The van der Waals surface area contributed by atoms with E-state index in [-0.39, 0.29) is 5.97 Å². The molecule has 0 aromatic heterocycles. The van der Waals surface area contributed by atoms with Crippen molar-refractivity contribution in [1.82, 2.24) is 0 Å². The molecule has 0 aromatic rings. The molecule has 0 aromatic carbocycles. The first kappa shape index (κ1) is 12.2. The van der Waals surface area contributed by atoms with Gasteiger partial charge in [0.1, 0.15) is 0 Å². The number of methoxy groups -OCH3 is 1. The summed E-state index contributed by atoms with van der Waals surface area (Å²) < 4.78 is 4.48. The van der Waals surface area contributed by atoms with Crippen LogP contribution < -0.4 is 0 Å². The number of rotatable bonds is 6. The van der Waals surface area contributed by atoms with Crippen LogP contribution in [-0.4, -0.2) is 32.7 Å². The van der Waals surface area contributed by atoms with E-state index < -0.39 is 0 Å². The maximum atomic E-state index is 10.6. The van der Waals surface area contributed by atoms with Crippen LogP contribution in [0.4, 0.5) is 0 Å². The standard InChI is InChI=1S/C7H10O2S2Se/c1-3-10-4-5-12-11-6-7(8)9-2/h3-5H,1,6H2,2H3/b5-4-. The summed E-state index contributed by atoms with van der Waals surface area (Å²) in [5.74, 6) is 0.284. The molecule has 0 aliphatic carbocycles. The molecule has 0 aliphatic heterocycles. The summed E-state index contributed by atoms with van der Waals surface area (Å²) in [4.78, 5) is 12.7. The van der Waals surface area contributed by atoms with E-state index >= 15 is 0 Å². The Hall–Kier alpha value is 0.169. The number of esters is 1. The molecule has 0 N–H and O–H groups in total. The van der Waals surface area contributed by atoms with E-state index in [9.17, 15) is 4.79 Å². The number of carbonyl (C=O) groups is 1. The molecule has 12 heavy (non-hydrogen) atoms. The Balaban J connectivity index is 3.20. The van der Waals surface area contributed by atoms with Crippen molar-refractivity contribution in [1.29, 1.82) is 0 Å². The van der Waals surface area contributed by atoms with Gasteiger partial charge in [0.2, 0.25) is 0 Å². The van der Waals surface area contributed by atoms with Gasteiger partial charge < -0.3 is 0 Å². The molecule has 5 heteroatoms. The first-order chi connectivity index (χ1) is 5.81. The number of hydrogen-bond donors (Lipinski definition) is 0. The van der Waals surface area contributed by atoms with Gasteiger partial charge in [0.25, 0.3) is 0 Å². The summed E-state index contributed by atoms with van der Waals surface area (Å²) >= 11 is 1.87. The summed E-state index contributed by atoms with van der Waals surface area (Å²) in [6.07, 6.45) is 0.